The first-order chi connectivity index (χ1) is 11.2. The Hall–Kier alpha value is -1.47. The average molecular weight is 409 g/mol. The van der Waals surface area contributed by atoms with Crippen molar-refractivity contribution in [2.45, 2.75) is 6.61 Å². The SMILES string of the molecule is CS(=O)(=O)NC(=O)c1ccc(COc2ccc(Cl)c(Cl)c2)c(Cl)c1. The first kappa shape index (κ1) is 18.9. The molecule has 1 amide bonds. The van der Waals surface area contributed by atoms with Crippen molar-refractivity contribution in [1.82, 2.24) is 4.72 Å². The van der Waals surface area contributed by atoms with Crippen LogP contribution in [0.25, 0.3) is 0 Å². The van der Waals surface area contributed by atoms with E-state index in [1.165, 1.54) is 12.1 Å². The van der Waals surface area contributed by atoms with Gasteiger partial charge in [0.1, 0.15) is 12.4 Å². The van der Waals surface area contributed by atoms with Crippen LogP contribution in [0.1, 0.15) is 15.9 Å². The molecule has 2 aromatic carbocycles. The summed E-state index contributed by atoms with van der Waals surface area (Å²) < 4.78 is 29.6. The molecule has 0 spiro atoms. The first-order valence-electron chi connectivity index (χ1n) is 6.54. The molecule has 0 radical (unpaired) electrons. The van der Waals surface area contributed by atoms with Crippen LogP contribution in [0.15, 0.2) is 36.4 Å². The van der Waals surface area contributed by atoms with Crippen LogP contribution in [0.5, 0.6) is 5.75 Å². The van der Waals surface area contributed by atoms with Gasteiger partial charge in [-0.1, -0.05) is 40.9 Å². The van der Waals surface area contributed by atoms with E-state index in [2.05, 4.69) is 0 Å². The monoisotopic (exact) mass is 407 g/mol. The van der Waals surface area contributed by atoms with E-state index < -0.39 is 15.9 Å². The number of ether oxygens (including phenoxy) is 1. The van der Waals surface area contributed by atoms with Gasteiger partial charge in [0, 0.05) is 22.2 Å². The van der Waals surface area contributed by atoms with Gasteiger partial charge in [0.15, 0.2) is 0 Å². The third-order valence-electron chi connectivity index (χ3n) is 2.88. The molecule has 0 saturated heterocycles. The van der Waals surface area contributed by atoms with Gasteiger partial charge in [-0.15, -0.1) is 0 Å². The van der Waals surface area contributed by atoms with Gasteiger partial charge in [-0.05, 0) is 24.3 Å². The predicted octanol–water partition coefficient (Wildman–Crippen LogP) is 3.92. The van der Waals surface area contributed by atoms with Crippen molar-refractivity contribution >= 4 is 50.7 Å². The molecule has 0 aliphatic heterocycles. The lowest BCUT2D eigenvalue weighted by Gasteiger charge is -2.10. The summed E-state index contributed by atoms with van der Waals surface area (Å²) in [5, 5.41) is 1.06. The van der Waals surface area contributed by atoms with Gasteiger partial charge >= 0.3 is 0 Å². The standard InChI is InChI=1S/C15H12Cl3NO4S/c1-24(21,22)19-15(20)9-2-3-10(13(17)6-9)8-23-11-4-5-12(16)14(18)7-11/h2-7H,8H2,1H3,(H,19,20). The van der Waals surface area contributed by atoms with E-state index in [4.69, 9.17) is 39.5 Å². The van der Waals surface area contributed by atoms with Crippen molar-refractivity contribution in [3.05, 3.63) is 62.6 Å². The molecule has 1 N–H and O–H groups in total. The van der Waals surface area contributed by atoms with Gasteiger partial charge in [-0.3, -0.25) is 4.79 Å². The Bertz CT molecular complexity index is 884. The number of carbonyl (C=O) groups excluding carboxylic acids is 1. The van der Waals surface area contributed by atoms with Crippen molar-refractivity contribution < 1.29 is 17.9 Å². The molecule has 0 fully saturated rings. The molecule has 0 saturated carbocycles. The van der Waals surface area contributed by atoms with Crippen molar-refractivity contribution in [2.75, 3.05) is 6.26 Å². The minimum absolute atomic E-state index is 0.128. The number of amides is 1. The highest BCUT2D eigenvalue weighted by Crippen LogP contribution is 2.27. The smallest absolute Gasteiger partial charge is 0.264 e. The van der Waals surface area contributed by atoms with Crippen LogP contribution in [0.4, 0.5) is 0 Å². The Kier molecular flexibility index (Phi) is 5.98. The molecule has 0 aliphatic rings. The van der Waals surface area contributed by atoms with Gasteiger partial charge in [0.05, 0.1) is 16.3 Å². The van der Waals surface area contributed by atoms with Gasteiger partial charge in [0.25, 0.3) is 5.91 Å². The van der Waals surface area contributed by atoms with E-state index in [-0.39, 0.29) is 17.2 Å². The summed E-state index contributed by atoms with van der Waals surface area (Å²) in [5.74, 6) is -0.240. The zero-order valence-electron chi connectivity index (χ0n) is 12.3. The van der Waals surface area contributed by atoms with Crippen molar-refractivity contribution in [3.8, 4) is 5.75 Å². The molecule has 0 bridgehead atoms. The number of halogens is 3. The van der Waals surface area contributed by atoms with Crippen LogP contribution in [-0.4, -0.2) is 20.6 Å². The number of rotatable bonds is 5. The van der Waals surface area contributed by atoms with Crippen LogP contribution in [-0.2, 0) is 16.6 Å². The molecule has 2 aromatic rings. The fourth-order valence-electron chi connectivity index (χ4n) is 1.76. The maximum absolute atomic E-state index is 11.8. The Labute approximate surface area is 154 Å². The van der Waals surface area contributed by atoms with Crippen LogP contribution < -0.4 is 9.46 Å². The minimum atomic E-state index is -3.64. The van der Waals surface area contributed by atoms with Gasteiger partial charge in [-0.2, -0.15) is 0 Å². The Balaban J connectivity index is 2.09. The Morgan fingerprint density at radius 2 is 1.75 bits per heavy atom. The normalized spacial score (nSPS) is 11.2. The number of sulfonamides is 1. The first-order valence-corrected chi connectivity index (χ1v) is 9.56. The molecule has 24 heavy (non-hydrogen) atoms. The second-order valence-electron chi connectivity index (χ2n) is 4.87. The van der Waals surface area contributed by atoms with Crippen LogP contribution in [0.3, 0.4) is 0 Å². The average Bonchev–Trinajstić information content (AvgIpc) is 2.47. The summed E-state index contributed by atoms with van der Waals surface area (Å²) in [5.41, 5.74) is 0.752. The highest BCUT2D eigenvalue weighted by atomic mass is 35.5. The molecule has 0 heterocycles. The largest absolute Gasteiger partial charge is 0.489 e. The van der Waals surface area contributed by atoms with E-state index in [0.717, 1.165) is 6.26 Å². The summed E-state index contributed by atoms with van der Waals surface area (Å²) in [6, 6.07) is 9.26. The number of hydrogen-bond donors (Lipinski definition) is 1. The van der Waals surface area contributed by atoms with E-state index in [0.29, 0.717) is 21.4 Å². The minimum Gasteiger partial charge on any atom is -0.489 e. The summed E-state index contributed by atoms with van der Waals surface area (Å²) in [6.07, 6.45) is 0.895. The Morgan fingerprint density at radius 1 is 1.04 bits per heavy atom. The van der Waals surface area contributed by atoms with Crippen molar-refractivity contribution in [3.63, 3.8) is 0 Å². The number of hydrogen-bond acceptors (Lipinski definition) is 4. The van der Waals surface area contributed by atoms with Gasteiger partial charge in [-0.25, -0.2) is 13.1 Å². The van der Waals surface area contributed by atoms with Crippen LogP contribution in [0.2, 0.25) is 15.1 Å². The number of carbonyl (C=O) groups is 1. The highest BCUT2D eigenvalue weighted by Gasteiger charge is 2.13. The highest BCUT2D eigenvalue weighted by molar-refractivity contribution is 7.89. The topological polar surface area (TPSA) is 72.5 Å². The summed E-state index contributed by atoms with van der Waals surface area (Å²) >= 11 is 17.8. The van der Waals surface area contributed by atoms with Gasteiger partial charge < -0.3 is 4.74 Å². The lowest BCUT2D eigenvalue weighted by Crippen LogP contribution is -2.29. The van der Waals surface area contributed by atoms with E-state index in [9.17, 15) is 13.2 Å². The van der Waals surface area contributed by atoms with Gasteiger partial charge in [0.2, 0.25) is 10.0 Å². The molecule has 9 heteroatoms. The van der Waals surface area contributed by atoms with Crippen molar-refractivity contribution in [1.29, 1.82) is 0 Å². The second kappa shape index (κ2) is 7.61. The molecule has 0 aromatic heterocycles. The molecule has 5 nitrogen and oxygen atoms in total. The fourth-order valence-corrected chi connectivity index (χ4v) is 2.74. The zero-order chi connectivity index (χ0) is 17.9. The van der Waals surface area contributed by atoms with E-state index in [1.54, 1.807) is 24.3 Å². The molecule has 0 unspecified atom stereocenters. The lowest BCUT2D eigenvalue weighted by molar-refractivity contribution is 0.0981. The number of benzene rings is 2. The molecular weight excluding hydrogens is 397 g/mol. The molecule has 0 aliphatic carbocycles. The maximum Gasteiger partial charge on any atom is 0.264 e. The Morgan fingerprint density at radius 3 is 2.33 bits per heavy atom. The summed E-state index contributed by atoms with van der Waals surface area (Å²) in [6.45, 7) is 0.144. The fraction of sp³-hybridized carbons (Fsp3) is 0.133. The number of nitrogens with one attached hydrogen (secondary N) is 1. The third kappa shape index (κ3) is 5.27. The predicted molar refractivity (Wildman–Crippen MR) is 94.6 cm³/mol. The molecule has 0 atom stereocenters. The van der Waals surface area contributed by atoms with Crippen LogP contribution >= 0.6 is 34.8 Å². The van der Waals surface area contributed by atoms with E-state index >= 15 is 0 Å². The summed E-state index contributed by atoms with van der Waals surface area (Å²) in [7, 11) is -3.64. The lowest BCUT2D eigenvalue weighted by atomic mass is 10.1. The second-order valence-corrected chi connectivity index (χ2v) is 7.84. The van der Waals surface area contributed by atoms with E-state index in [1.807, 2.05) is 4.72 Å². The van der Waals surface area contributed by atoms with Crippen molar-refractivity contribution in [2.24, 2.45) is 0 Å². The zero-order valence-corrected chi connectivity index (χ0v) is 15.4. The molecule has 128 valence electrons. The molecule has 2 rings (SSSR count). The quantitative estimate of drug-likeness (QED) is 0.814. The van der Waals surface area contributed by atoms with Crippen LogP contribution in [0, 0.1) is 0 Å². The third-order valence-corrected chi connectivity index (χ3v) is 4.53. The molecular formula is C15H12Cl3NO4S. The summed E-state index contributed by atoms with van der Waals surface area (Å²) in [4.78, 5) is 11.8. The maximum atomic E-state index is 11.8.